The fourth-order valence-corrected chi connectivity index (χ4v) is 9.90. The molecule has 12 rings (SSSR count). The molecule has 0 bridgehead atoms. The van der Waals surface area contributed by atoms with Crippen molar-refractivity contribution in [1.29, 1.82) is 0 Å². The maximum atomic E-state index is 6.72. The van der Waals surface area contributed by atoms with E-state index < -0.39 is 0 Å². The van der Waals surface area contributed by atoms with Crippen molar-refractivity contribution in [3.8, 4) is 56.4 Å². The summed E-state index contributed by atoms with van der Waals surface area (Å²) in [4.78, 5) is 15.2. The van der Waals surface area contributed by atoms with Crippen LogP contribution in [-0.2, 0) is 0 Å². The van der Waals surface area contributed by atoms with Gasteiger partial charge in [-0.05, 0) is 74.1 Å². The lowest BCUT2D eigenvalue weighted by molar-refractivity contribution is 0.669. The minimum absolute atomic E-state index is 0.649. The number of furan rings is 1. The first kappa shape index (κ1) is 32.7. The topological polar surface area (TPSA) is 51.8 Å². The Balaban J connectivity index is 1.08. The van der Waals surface area contributed by atoms with E-state index in [-0.39, 0.29) is 0 Å². The van der Waals surface area contributed by atoms with Gasteiger partial charge in [0.25, 0.3) is 0 Å². The van der Waals surface area contributed by atoms with Gasteiger partial charge in [0.2, 0.25) is 0 Å². The molecule has 0 aliphatic carbocycles. The van der Waals surface area contributed by atoms with E-state index in [2.05, 4.69) is 152 Å². The molecule has 0 saturated carbocycles. The average Bonchev–Trinajstić information content (AvgIpc) is 3.87. The molecule has 0 spiro atoms. The summed E-state index contributed by atoms with van der Waals surface area (Å²) in [5.74, 6) is 1.95. The van der Waals surface area contributed by atoms with E-state index in [1.807, 2.05) is 36.4 Å². The highest BCUT2D eigenvalue weighted by Crippen LogP contribution is 2.47. The molecule has 4 nitrogen and oxygen atoms in total. The Bertz CT molecular complexity index is 3510. The molecule has 0 atom stereocenters. The minimum atomic E-state index is 0.649. The SMILES string of the molecule is c1ccc(-c2nc(-c3ccccc3)nc(-c3ccc(-c4ccc5oc6cc(-c7cccc8ccccc78)c7ccccc7c6c5c4)c4c3sc3ccccc34)n2)cc1. The molecule has 3 aromatic heterocycles. The summed E-state index contributed by atoms with van der Waals surface area (Å²) in [6, 6.07) is 66.2. The van der Waals surface area contributed by atoms with Crippen LogP contribution in [0.3, 0.4) is 0 Å². The molecule has 5 heteroatoms. The van der Waals surface area contributed by atoms with E-state index in [0.717, 1.165) is 54.5 Å². The highest BCUT2D eigenvalue weighted by molar-refractivity contribution is 7.26. The fraction of sp³-hybridized carbons (Fsp3) is 0. The van der Waals surface area contributed by atoms with Crippen molar-refractivity contribution < 1.29 is 4.42 Å². The van der Waals surface area contributed by atoms with E-state index in [4.69, 9.17) is 19.4 Å². The predicted octanol–water partition coefficient (Wildman–Crippen LogP) is 14.8. The third-order valence-electron chi connectivity index (χ3n) is 11.3. The van der Waals surface area contributed by atoms with Crippen LogP contribution in [0.1, 0.15) is 0 Å². The van der Waals surface area contributed by atoms with E-state index in [0.29, 0.717) is 17.5 Å². The fourth-order valence-electron chi connectivity index (χ4n) is 8.67. The lowest BCUT2D eigenvalue weighted by Crippen LogP contribution is -2.00. The molecular weight excluding hydrogens is 727 g/mol. The van der Waals surface area contributed by atoms with Gasteiger partial charge in [-0.1, -0.05) is 158 Å². The highest BCUT2D eigenvalue weighted by Gasteiger charge is 2.21. The van der Waals surface area contributed by atoms with Crippen LogP contribution in [0.5, 0.6) is 0 Å². The number of rotatable bonds is 5. The van der Waals surface area contributed by atoms with Crippen LogP contribution >= 0.6 is 11.3 Å². The maximum Gasteiger partial charge on any atom is 0.165 e. The predicted molar refractivity (Wildman–Crippen MR) is 242 cm³/mol. The lowest BCUT2D eigenvalue weighted by atomic mass is 9.91. The standard InChI is InChI=1S/C53H31N3OS/c1-3-15-33(16-4-1)51-54-52(34-17-5-2-6-18-34)56-53(55-51)42-28-27-37(49-41-23-11-12-25-47(41)58-50(42)49)35-26-29-45-44(30-35)48-40-22-10-9-21-39(40)43(31-46(48)57-45)38-24-13-19-32-14-7-8-20-36(32)38/h1-31H. The summed E-state index contributed by atoms with van der Waals surface area (Å²) in [7, 11) is 0. The van der Waals surface area contributed by atoms with E-state index in [1.54, 1.807) is 11.3 Å². The molecule has 0 aliphatic rings. The number of thiophene rings is 1. The van der Waals surface area contributed by atoms with Crippen molar-refractivity contribution in [3.05, 3.63) is 188 Å². The van der Waals surface area contributed by atoms with E-state index in [9.17, 15) is 0 Å². The van der Waals surface area contributed by atoms with E-state index in [1.165, 1.54) is 48.1 Å². The van der Waals surface area contributed by atoms with Crippen LogP contribution in [-0.4, -0.2) is 15.0 Å². The highest BCUT2D eigenvalue weighted by atomic mass is 32.1. The van der Waals surface area contributed by atoms with Crippen LogP contribution < -0.4 is 0 Å². The zero-order chi connectivity index (χ0) is 38.2. The second-order valence-corrected chi connectivity index (χ2v) is 15.7. The molecule has 0 fully saturated rings. The minimum Gasteiger partial charge on any atom is -0.456 e. The van der Waals surface area contributed by atoms with Crippen LogP contribution in [0.2, 0.25) is 0 Å². The molecule has 0 amide bonds. The van der Waals surface area contributed by atoms with Gasteiger partial charge in [-0.2, -0.15) is 0 Å². The molecule has 0 unspecified atom stereocenters. The molecule has 9 aromatic carbocycles. The Labute approximate surface area is 337 Å². The van der Waals surface area contributed by atoms with Gasteiger partial charge in [0, 0.05) is 47.6 Å². The number of benzene rings is 9. The summed E-state index contributed by atoms with van der Waals surface area (Å²) in [6.45, 7) is 0. The molecular formula is C53H31N3OS. The van der Waals surface area contributed by atoms with Crippen LogP contribution in [0, 0.1) is 0 Å². The van der Waals surface area contributed by atoms with Crippen LogP contribution in [0.25, 0.3) is 120 Å². The number of nitrogens with zero attached hydrogens (tertiary/aromatic N) is 3. The lowest BCUT2D eigenvalue weighted by Gasteiger charge is -2.12. The van der Waals surface area contributed by atoms with Gasteiger partial charge in [0.1, 0.15) is 11.2 Å². The Morgan fingerprint density at radius 3 is 1.74 bits per heavy atom. The normalized spacial score (nSPS) is 11.8. The molecule has 58 heavy (non-hydrogen) atoms. The Morgan fingerprint density at radius 1 is 0.345 bits per heavy atom. The third kappa shape index (κ3) is 5.18. The monoisotopic (exact) mass is 757 g/mol. The number of hydrogen-bond acceptors (Lipinski definition) is 5. The summed E-state index contributed by atoms with van der Waals surface area (Å²) >= 11 is 1.79. The zero-order valence-corrected chi connectivity index (χ0v) is 31.9. The van der Waals surface area contributed by atoms with Gasteiger partial charge in [-0.3, -0.25) is 0 Å². The quantitative estimate of drug-likeness (QED) is 0.175. The first-order valence-corrected chi connectivity index (χ1v) is 20.2. The van der Waals surface area contributed by atoms with Crippen molar-refractivity contribution in [2.45, 2.75) is 0 Å². The van der Waals surface area contributed by atoms with Crippen LogP contribution in [0.4, 0.5) is 0 Å². The molecule has 0 radical (unpaired) electrons. The third-order valence-corrected chi connectivity index (χ3v) is 12.5. The number of hydrogen-bond donors (Lipinski definition) is 0. The first-order valence-electron chi connectivity index (χ1n) is 19.4. The molecule has 0 aliphatic heterocycles. The van der Waals surface area contributed by atoms with Gasteiger partial charge < -0.3 is 4.42 Å². The van der Waals surface area contributed by atoms with Gasteiger partial charge in [0.05, 0.1) is 0 Å². The first-order chi connectivity index (χ1) is 28.7. The summed E-state index contributed by atoms with van der Waals surface area (Å²) in [5.41, 5.74) is 9.29. The Hall–Kier alpha value is -7.47. The smallest absolute Gasteiger partial charge is 0.165 e. The van der Waals surface area contributed by atoms with Crippen molar-refractivity contribution in [2.75, 3.05) is 0 Å². The summed E-state index contributed by atoms with van der Waals surface area (Å²) in [6.07, 6.45) is 0. The second-order valence-electron chi connectivity index (χ2n) is 14.7. The van der Waals surface area contributed by atoms with Gasteiger partial charge >= 0.3 is 0 Å². The second kappa shape index (κ2) is 13.1. The molecule has 0 saturated heterocycles. The number of fused-ring (bicyclic) bond motifs is 9. The van der Waals surface area contributed by atoms with Gasteiger partial charge in [0.15, 0.2) is 17.5 Å². The Kier molecular flexibility index (Phi) is 7.37. The average molecular weight is 758 g/mol. The zero-order valence-electron chi connectivity index (χ0n) is 31.1. The Morgan fingerprint density at radius 2 is 0.966 bits per heavy atom. The summed E-state index contributed by atoms with van der Waals surface area (Å²) < 4.78 is 9.08. The molecule has 12 aromatic rings. The van der Waals surface area contributed by atoms with E-state index >= 15 is 0 Å². The van der Waals surface area contributed by atoms with Crippen molar-refractivity contribution >= 4 is 75.0 Å². The van der Waals surface area contributed by atoms with Crippen molar-refractivity contribution in [3.63, 3.8) is 0 Å². The maximum absolute atomic E-state index is 6.72. The van der Waals surface area contributed by atoms with Crippen LogP contribution in [0.15, 0.2) is 192 Å². The number of aromatic nitrogens is 3. The van der Waals surface area contributed by atoms with Crippen molar-refractivity contribution in [1.82, 2.24) is 15.0 Å². The molecule has 0 N–H and O–H groups in total. The van der Waals surface area contributed by atoms with Gasteiger partial charge in [-0.25, -0.2) is 15.0 Å². The largest absolute Gasteiger partial charge is 0.456 e. The summed E-state index contributed by atoms with van der Waals surface area (Å²) in [5, 5.41) is 9.47. The van der Waals surface area contributed by atoms with Crippen molar-refractivity contribution in [2.24, 2.45) is 0 Å². The van der Waals surface area contributed by atoms with Gasteiger partial charge in [-0.15, -0.1) is 11.3 Å². The molecule has 270 valence electrons. The molecule has 3 heterocycles.